The van der Waals surface area contributed by atoms with Gasteiger partial charge >= 0.3 is 29.6 Å². The molecule has 0 aromatic rings. The van der Waals surface area contributed by atoms with E-state index in [-0.39, 0.29) is 35.5 Å². The van der Waals surface area contributed by atoms with E-state index in [9.17, 15) is 8.42 Å². The van der Waals surface area contributed by atoms with Crippen molar-refractivity contribution in [2.75, 3.05) is 6.54 Å². The summed E-state index contributed by atoms with van der Waals surface area (Å²) in [4.78, 5) is 0. The first-order chi connectivity index (χ1) is 4.89. The molecular formula is C5H15N2NaO3S. The van der Waals surface area contributed by atoms with Crippen molar-refractivity contribution in [2.24, 2.45) is 17.4 Å². The second-order valence-corrected chi connectivity index (χ2v) is 4.11. The van der Waals surface area contributed by atoms with Gasteiger partial charge in [0.05, 0.1) is 0 Å². The fourth-order valence-corrected chi connectivity index (χ4v) is 1.44. The van der Waals surface area contributed by atoms with Crippen LogP contribution in [-0.2, 0) is 10.1 Å². The monoisotopic (exact) mass is 206 g/mol. The minimum atomic E-state index is -4.10. The molecule has 0 saturated heterocycles. The predicted octanol–water partition coefficient (Wildman–Crippen LogP) is -1.50. The zero-order chi connectivity index (χ0) is 9.07. The molecule has 0 rings (SSSR count). The average Bonchev–Trinajstić information content (AvgIpc) is 1.85. The van der Waals surface area contributed by atoms with Crippen molar-refractivity contribution >= 4 is 39.7 Å². The van der Waals surface area contributed by atoms with Crippen LogP contribution in [0.1, 0.15) is 13.3 Å². The zero-order valence-electron chi connectivity index (χ0n) is 6.40. The summed E-state index contributed by atoms with van der Waals surface area (Å²) in [5.41, 5.74) is 10.4. The summed E-state index contributed by atoms with van der Waals surface area (Å²) in [6.45, 7) is 2.00. The van der Waals surface area contributed by atoms with Crippen molar-refractivity contribution < 1.29 is 13.0 Å². The van der Waals surface area contributed by atoms with Crippen LogP contribution in [0.4, 0.5) is 0 Å². The Kier molecular flexibility index (Phi) is 8.05. The first kappa shape index (κ1) is 15.3. The minimum absolute atomic E-state index is 0. The molecule has 7 heteroatoms. The molecule has 5 N–H and O–H groups in total. The van der Waals surface area contributed by atoms with Crippen LogP contribution >= 0.6 is 0 Å². The van der Waals surface area contributed by atoms with Crippen LogP contribution in [0, 0.1) is 5.92 Å². The second-order valence-electron chi connectivity index (χ2n) is 2.53. The van der Waals surface area contributed by atoms with Gasteiger partial charge in [0.15, 0.2) is 0 Å². The van der Waals surface area contributed by atoms with Crippen molar-refractivity contribution in [1.29, 1.82) is 0 Å². The van der Waals surface area contributed by atoms with Crippen molar-refractivity contribution in [3.05, 3.63) is 0 Å². The van der Waals surface area contributed by atoms with Crippen LogP contribution in [0.2, 0.25) is 0 Å². The van der Waals surface area contributed by atoms with Crippen LogP contribution in [0.25, 0.3) is 0 Å². The third-order valence-corrected chi connectivity index (χ3v) is 2.68. The molecule has 0 aliphatic heterocycles. The standard InChI is InChI=1S/C5H14N2O3S.Na.H/c1-4(2-3-6)5(7)11(8,9)10;;/h4-5H,2-3,6-7H2,1H3,(H,8,9,10);;. The number of rotatable bonds is 4. The van der Waals surface area contributed by atoms with E-state index in [0.29, 0.717) is 13.0 Å². The zero-order valence-corrected chi connectivity index (χ0v) is 7.21. The van der Waals surface area contributed by atoms with Gasteiger partial charge in [-0.25, -0.2) is 0 Å². The fourth-order valence-electron chi connectivity index (χ4n) is 0.721. The third-order valence-electron chi connectivity index (χ3n) is 1.53. The maximum atomic E-state index is 10.4. The van der Waals surface area contributed by atoms with Crippen LogP contribution < -0.4 is 11.5 Å². The summed E-state index contributed by atoms with van der Waals surface area (Å²) in [5, 5.41) is -1.22. The van der Waals surface area contributed by atoms with E-state index in [1.165, 1.54) is 0 Å². The Balaban J connectivity index is 0. The van der Waals surface area contributed by atoms with Crippen molar-refractivity contribution in [1.82, 2.24) is 0 Å². The van der Waals surface area contributed by atoms with E-state index in [1.807, 2.05) is 0 Å². The number of hydrogen-bond donors (Lipinski definition) is 3. The quantitative estimate of drug-likeness (QED) is 0.383. The fraction of sp³-hybridized carbons (Fsp3) is 1.00. The van der Waals surface area contributed by atoms with Gasteiger partial charge in [-0.05, 0) is 18.9 Å². The molecule has 2 unspecified atom stereocenters. The van der Waals surface area contributed by atoms with Gasteiger partial charge in [-0.2, -0.15) is 8.42 Å². The van der Waals surface area contributed by atoms with Crippen LogP contribution in [0.5, 0.6) is 0 Å². The van der Waals surface area contributed by atoms with Gasteiger partial charge in [-0.1, -0.05) is 6.92 Å². The molecule has 0 aromatic heterocycles. The van der Waals surface area contributed by atoms with E-state index in [2.05, 4.69) is 0 Å². The van der Waals surface area contributed by atoms with E-state index < -0.39 is 15.5 Å². The Hall–Kier alpha value is 0.830. The Morgan fingerprint density at radius 3 is 2.17 bits per heavy atom. The van der Waals surface area contributed by atoms with Gasteiger partial charge in [0.25, 0.3) is 10.1 Å². The van der Waals surface area contributed by atoms with E-state index in [0.717, 1.165) is 0 Å². The number of hydrogen-bond acceptors (Lipinski definition) is 4. The molecule has 5 nitrogen and oxygen atoms in total. The van der Waals surface area contributed by atoms with Crippen LogP contribution in [0.15, 0.2) is 0 Å². The average molecular weight is 206 g/mol. The summed E-state index contributed by atoms with van der Waals surface area (Å²) < 4.78 is 29.4. The molecule has 0 fully saturated rings. The topological polar surface area (TPSA) is 106 Å². The normalized spacial score (nSPS) is 16.3. The SMILES string of the molecule is CC(CCN)C(N)S(=O)(=O)O.[NaH]. The summed E-state index contributed by atoms with van der Waals surface area (Å²) in [5.74, 6) is -0.310. The molecule has 0 heterocycles. The molecule has 12 heavy (non-hydrogen) atoms. The molecule has 0 aliphatic rings. The molecule has 0 saturated carbocycles. The first-order valence-electron chi connectivity index (χ1n) is 3.31. The predicted molar refractivity (Wildman–Crippen MR) is 49.5 cm³/mol. The maximum absolute atomic E-state index is 10.4. The third kappa shape index (κ3) is 5.47. The molecule has 0 spiro atoms. The second kappa shape index (κ2) is 6.31. The molecular weight excluding hydrogens is 191 g/mol. The molecule has 0 aliphatic carbocycles. The molecule has 0 amide bonds. The van der Waals surface area contributed by atoms with E-state index in [4.69, 9.17) is 16.0 Å². The first-order valence-corrected chi connectivity index (χ1v) is 4.82. The van der Waals surface area contributed by atoms with E-state index in [1.54, 1.807) is 6.92 Å². The Bertz CT molecular complexity index is 207. The molecule has 0 radical (unpaired) electrons. The van der Waals surface area contributed by atoms with Gasteiger partial charge in [0.1, 0.15) is 5.37 Å². The van der Waals surface area contributed by atoms with Crippen molar-refractivity contribution in [2.45, 2.75) is 18.7 Å². The Labute approximate surface area is 94.9 Å². The van der Waals surface area contributed by atoms with Gasteiger partial charge < -0.3 is 11.5 Å². The van der Waals surface area contributed by atoms with Crippen LogP contribution in [0.3, 0.4) is 0 Å². The molecule has 2 atom stereocenters. The molecule has 0 aromatic carbocycles. The molecule has 0 bridgehead atoms. The summed E-state index contributed by atoms with van der Waals surface area (Å²) >= 11 is 0. The Morgan fingerprint density at radius 1 is 1.50 bits per heavy atom. The number of nitrogens with two attached hydrogens (primary N) is 2. The summed E-state index contributed by atoms with van der Waals surface area (Å²) in [6, 6.07) is 0. The van der Waals surface area contributed by atoms with Gasteiger partial charge in [-0.15, -0.1) is 0 Å². The van der Waals surface area contributed by atoms with Crippen molar-refractivity contribution in [3.8, 4) is 0 Å². The van der Waals surface area contributed by atoms with Crippen LogP contribution in [-0.4, -0.2) is 54.4 Å². The molecule has 70 valence electrons. The summed E-state index contributed by atoms with van der Waals surface area (Å²) in [7, 11) is -4.10. The van der Waals surface area contributed by atoms with Crippen molar-refractivity contribution in [3.63, 3.8) is 0 Å². The van der Waals surface area contributed by atoms with E-state index >= 15 is 0 Å². The summed E-state index contributed by atoms with van der Waals surface area (Å²) in [6.07, 6.45) is 0.487. The van der Waals surface area contributed by atoms with Gasteiger partial charge in [-0.3, -0.25) is 4.55 Å². The Morgan fingerprint density at radius 2 is 1.92 bits per heavy atom. The van der Waals surface area contributed by atoms with Gasteiger partial charge in [0.2, 0.25) is 0 Å². The van der Waals surface area contributed by atoms with Gasteiger partial charge in [0, 0.05) is 0 Å².